The molecule has 5 heteroatoms. The van der Waals surface area contributed by atoms with Crippen LogP contribution in [0.25, 0.3) is 0 Å². The molecule has 108 valence electrons. The summed E-state index contributed by atoms with van der Waals surface area (Å²) in [6.45, 7) is 5.20. The summed E-state index contributed by atoms with van der Waals surface area (Å²) in [5, 5.41) is 4.08. The minimum absolute atomic E-state index is 0.314. The molecule has 1 aromatic rings. The molecule has 0 amide bonds. The molecule has 20 heavy (non-hydrogen) atoms. The van der Waals surface area contributed by atoms with Crippen LogP contribution in [-0.4, -0.2) is 36.2 Å². The van der Waals surface area contributed by atoms with E-state index in [1.165, 1.54) is 0 Å². The van der Waals surface area contributed by atoms with Crippen LogP contribution in [0.3, 0.4) is 0 Å². The molecule has 1 aliphatic rings. The number of benzene rings is 1. The predicted octanol–water partition coefficient (Wildman–Crippen LogP) is 3.32. The molecule has 4 nitrogen and oxygen atoms in total. The Hall–Kier alpha value is -1.20. The minimum Gasteiger partial charge on any atom is -0.313 e. The van der Waals surface area contributed by atoms with Gasteiger partial charge in [0.1, 0.15) is 0 Å². The molecule has 1 saturated heterocycles. The van der Waals surface area contributed by atoms with E-state index in [0.717, 1.165) is 23.1 Å². The molecule has 0 unspecified atom stereocenters. The topological polar surface area (TPSA) is 41.9 Å². The van der Waals surface area contributed by atoms with Crippen molar-refractivity contribution in [1.82, 2.24) is 4.90 Å². The van der Waals surface area contributed by atoms with Crippen LogP contribution in [0.1, 0.15) is 30.6 Å². The summed E-state index contributed by atoms with van der Waals surface area (Å²) in [5.74, 6) is -0.0994. The largest absolute Gasteiger partial charge is 0.365 e. The van der Waals surface area contributed by atoms with Gasteiger partial charge >= 0.3 is 5.97 Å². The standard InChI is InChI=1S/C15H19BrN2O2/c1-10-9-18(3)11(2)8-14(10)17-20-15(19)12-4-6-13(16)7-5-12/h4-7,10-11H,8-9H2,1-3H3/b17-14+/t10-,11+/m1/s1. The van der Waals surface area contributed by atoms with Crippen LogP contribution < -0.4 is 0 Å². The van der Waals surface area contributed by atoms with Gasteiger partial charge in [-0.1, -0.05) is 28.0 Å². The summed E-state index contributed by atoms with van der Waals surface area (Å²) in [5.41, 5.74) is 1.47. The first-order valence-electron chi connectivity index (χ1n) is 6.71. The number of carbonyl (C=O) groups excluding carboxylic acids is 1. The zero-order valence-corrected chi connectivity index (χ0v) is 13.6. The summed E-state index contributed by atoms with van der Waals surface area (Å²) in [7, 11) is 2.10. The van der Waals surface area contributed by atoms with Crippen LogP contribution >= 0.6 is 15.9 Å². The van der Waals surface area contributed by atoms with Gasteiger partial charge in [0, 0.05) is 29.4 Å². The Morgan fingerprint density at radius 3 is 2.65 bits per heavy atom. The van der Waals surface area contributed by atoms with Crippen LogP contribution in [0.15, 0.2) is 33.9 Å². The van der Waals surface area contributed by atoms with E-state index in [0.29, 0.717) is 17.5 Å². The molecular weight excluding hydrogens is 320 g/mol. The van der Waals surface area contributed by atoms with E-state index in [1.54, 1.807) is 12.1 Å². The number of rotatable bonds is 2. The number of likely N-dealkylation sites (tertiary alicyclic amines) is 1. The number of oxime groups is 1. The number of halogens is 1. The van der Waals surface area contributed by atoms with Gasteiger partial charge in [-0.3, -0.25) is 0 Å². The first-order chi connectivity index (χ1) is 9.47. The van der Waals surface area contributed by atoms with Gasteiger partial charge in [0.25, 0.3) is 0 Å². The third kappa shape index (κ3) is 3.67. The van der Waals surface area contributed by atoms with E-state index in [4.69, 9.17) is 4.84 Å². The molecule has 0 aromatic heterocycles. The van der Waals surface area contributed by atoms with Gasteiger partial charge in [-0.15, -0.1) is 0 Å². The molecule has 0 spiro atoms. The van der Waals surface area contributed by atoms with Crippen molar-refractivity contribution < 1.29 is 9.63 Å². The summed E-state index contributed by atoms with van der Waals surface area (Å²) in [4.78, 5) is 19.3. The molecule has 0 radical (unpaired) electrons. The lowest BCUT2D eigenvalue weighted by atomic mass is 9.93. The molecule has 2 rings (SSSR count). The molecule has 1 aliphatic heterocycles. The summed E-state index contributed by atoms with van der Waals surface area (Å²) in [6, 6.07) is 7.48. The Morgan fingerprint density at radius 2 is 2.00 bits per heavy atom. The van der Waals surface area contributed by atoms with Gasteiger partial charge in [0.15, 0.2) is 0 Å². The van der Waals surface area contributed by atoms with Crippen molar-refractivity contribution in [1.29, 1.82) is 0 Å². The molecule has 1 fully saturated rings. The SMILES string of the molecule is C[C@@H]1CN(C)[C@@H](C)C/C1=N\OC(=O)c1ccc(Br)cc1. The number of nitrogens with zero attached hydrogens (tertiary/aromatic N) is 2. The first-order valence-corrected chi connectivity index (χ1v) is 7.50. The Kier molecular flexibility index (Phi) is 4.94. The maximum Gasteiger partial charge on any atom is 0.365 e. The van der Waals surface area contributed by atoms with Gasteiger partial charge in [0.2, 0.25) is 0 Å². The van der Waals surface area contributed by atoms with E-state index in [2.05, 4.69) is 46.9 Å². The third-order valence-electron chi connectivity index (χ3n) is 3.71. The Bertz CT molecular complexity index is 513. The quantitative estimate of drug-likeness (QED) is 0.613. The second-order valence-electron chi connectivity index (χ2n) is 5.36. The Morgan fingerprint density at radius 1 is 1.35 bits per heavy atom. The van der Waals surface area contributed by atoms with Crippen molar-refractivity contribution >= 4 is 27.6 Å². The highest BCUT2D eigenvalue weighted by Crippen LogP contribution is 2.18. The number of hydrogen-bond donors (Lipinski definition) is 0. The Balaban J connectivity index is 2.01. The third-order valence-corrected chi connectivity index (χ3v) is 4.24. The van der Waals surface area contributed by atoms with Crippen LogP contribution in [0.2, 0.25) is 0 Å². The molecule has 0 N–H and O–H groups in total. The van der Waals surface area contributed by atoms with E-state index in [-0.39, 0.29) is 0 Å². The highest BCUT2D eigenvalue weighted by atomic mass is 79.9. The molecular formula is C15H19BrN2O2. The second kappa shape index (κ2) is 6.50. The van der Waals surface area contributed by atoms with E-state index < -0.39 is 5.97 Å². The summed E-state index contributed by atoms with van der Waals surface area (Å²) < 4.78 is 0.929. The zero-order chi connectivity index (χ0) is 14.7. The Labute approximate surface area is 127 Å². The highest BCUT2D eigenvalue weighted by molar-refractivity contribution is 9.10. The maximum atomic E-state index is 11.9. The predicted molar refractivity (Wildman–Crippen MR) is 82.9 cm³/mol. The fourth-order valence-corrected chi connectivity index (χ4v) is 2.51. The molecule has 2 atom stereocenters. The van der Waals surface area contributed by atoms with Crippen molar-refractivity contribution in [3.8, 4) is 0 Å². The molecule has 1 aromatic carbocycles. The number of piperidine rings is 1. The lowest BCUT2D eigenvalue weighted by Gasteiger charge is -2.34. The normalized spacial score (nSPS) is 25.7. The van der Waals surface area contributed by atoms with Crippen LogP contribution in [0.5, 0.6) is 0 Å². The second-order valence-corrected chi connectivity index (χ2v) is 6.28. The molecule has 0 saturated carbocycles. The molecule has 1 heterocycles. The van der Waals surface area contributed by atoms with E-state index >= 15 is 0 Å². The monoisotopic (exact) mass is 338 g/mol. The van der Waals surface area contributed by atoms with Crippen molar-refractivity contribution in [3.05, 3.63) is 34.3 Å². The van der Waals surface area contributed by atoms with Crippen molar-refractivity contribution in [3.63, 3.8) is 0 Å². The van der Waals surface area contributed by atoms with Crippen LogP contribution in [0, 0.1) is 5.92 Å². The van der Waals surface area contributed by atoms with Gasteiger partial charge in [-0.25, -0.2) is 4.79 Å². The van der Waals surface area contributed by atoms with Crippen LogP contribution in [-0.2, 0) is 4.84 Å². The maximum absolute atomic E-state index is 11.9. The minimum atomic E-state index is -0.413. The van der Waals surface area contributed by atoms with Crippen molar-refractivity contribution in [2.24, 2.45) is 11.1 Å². The summed E-state index contributed by atoms with van der Waals surface area (Å²) >= 11 is 3.33. The first kappa shape index (κ1) is 15.2. The fraction of sp³-hybridized carbons (Fsp3) is 0.467. The lowest BCUT2D eigenvalue weighted by Crippen LogP contribution is -2.43. The van der Waals surface area contributed by atoms with E-state index in [1.807, 2.05) is 12.1 Å². The smallest absolute Gasteiger partial charge is 0.313 e. The number of carbonyl (C=O) groups is 1. The van der Waals surface area contributed by atoms with E-state index in [9.17, 15) is 4.79 Å². The van der Waals surface area contributed by atoms with Crippen molar-refractivity contribution in [2.75, 3.05) is 13.6 Å². The van der Waals surface area contributed by atoms with Gasteiger partial charge in [-0.2, -0.15) is 0 Å². The molecule has 0 aliphatic carbocycles. The lowest BCUT2D eigenvalue weighted by molar-refractivity contribution is 0.0508. The zero-order valence-electron chi connectivity index (χ0n) is 12.0. The van der Waals surface area contributed by atoms with Crippen LogP contribution in [0.4, 0.5) is 0 Å². The van der Waals surface area contributed by atoms with Gasteiger partial charge in [-0.05, 0) is 38.2 Å². The average Bonchev–Trinajstić information content (AvgIpc) is 2.42. The average molecular weight is 339 g/mol. The number of hydrogen-bond acceptors (Lipinski definition) is 4. The summed E-state index contributed by atoms with van der Waals surface area (Å²) in [6.07, 6.45) is 0.839. The molecule has 0 bridgehead atoms. The fourth-order valence-electron chi connectivity index (χ4n) is 2.24. The van der Waals surface area contributed by atoms with Gasteiger partial charge < -0.3 is 9.74 Å². The highest BCUT2D eigenvalue weighted by Gasteiger charge is 2.26. The van der Waals surface area contributed by atoms with Gasteiger partial charge in [0.05, 0.1) is 11.3 Å². The van der Waals surface area contributed by atoms with Crippen molar-refractivity contribution in [2.45, 2.75) is 26.3 Å².